The highest BCUT2D eigenvalue weighted by molar-refractivity contribution is 8.00. The Kier molecular flexibility index (Phi) is 3.37. The van der Waals surface area contributed by atoms with Crippen LogP contribution in [0.4, 0.5) is 0 Å². The fourth-order valence-electron chi connectivity index (χ4n) is 2.06. The first kappa shape index (κ1) is 11.0. The summed E-state index contributed by atoms with van der Waals surface area (Å²) < 4.78 is 0. The zero-order valence-electron chi connectivity index (χ0n) is 9.49. The molecular formula is C13H19NS. The molecule has 2 atom stereocenters. The van der Waals surface area contributed by atoms with Crippen molar-refractivity contribution < 1.29 is 0 Å². The molecule has 0 spiro atoms. The third-order valence-corrected chi connectivity index (χ3v) is 4.68. The van der Waals surface area contributed by atoms with Crippen molar-refractivity contribution in [2.45, 2.75) is 49.3 Å². The number of nitrogens with two attached hydrogens (primary N) is 1. The number of hydrogen-bond acceptors (Lipinski definition) is 2. The van der Waals surface area contributed by atoms with E-state index in [0.29, 0.717) is 11.3 Å². The van der Waals surface area contributed by atoms with Crippen LogP contribution in [-0.2, 0) is 0 Å². The Hall–Kier alpha value is -0.470. The van der Waals surface area contributed by atoms with Crippen molar-refractivity contribution in [1.29, 1.82) is 0 Å². The maximum atomic E-state index is 6.07. The predicted molar refractivity (Wildman–Crippen MR) is 67.4 cm³/mol. The van der Waals surface area contributed by atoms with Crippen molar-refractivity contribution in [2.24, 2.45) is 5.73 Å². The van der Waals surface area contributed by atoms with Crippen LogP contribution in [0, 0.1) is 13.8 Å². The van der Waals surface area contributed by atoms with E-state index in [-0.39, 0.29) is 0 Å². The molecule has 1 fully saturated rings. The summed E-state index contributed by atoms with van der Waals surface area (Å²) >= 11 is 1.96. The van der Waals surface area contributed by atoms with Gasteiger partial charge in [0.05, 0.1) is 0 Å². The standard InChI is InChI=1S/C13H19NS/c1-9-6-7-11(8-10(9)2)15-13-5-3-4-12(13)14/h6-8,12-13H,3-5,14H2,1-2H3. The van der Waals surface area contributed by atoms with Gasteiger partial charge in [0.15, 0.2) is 0 Å². The van der Waals surface area contributed by atoms with Gasteiger partial charge in [-0.3, -0.25) is 0 Å². The van der Waals surface area contributed by atoms with E-state index in [9.17, 15) is 0 Å². The Morgan fingerprint density at radius 1 is 1.20 bits per heavy atom. The molecule has 0 radical (unpaired) electrons. The van der Waals surface area contributed by atoms with Crippen LogP contribution < -0.4 is 5.73 Å². The summed E-state index contributed by atoms with van der Waals surface area (Å²) in [5.74, 6) is 0. The van der Waals surface area contributed by atoms with E-state index in [2.05, 4.69) is 32.0 Å². The summed E-state index contributed by atoms with van der Waals surface area (Å²) in [4.78, 5) is 1.38. The molecule has 1 nitrogen and oxygen atoms in total. The van der Waals surface area contributed by atoms with E-state index in [1.807, 2.05) is 11.8 Å². The SMILES string of the molecule is Cc1ccc(SC2CCCC2N)cc1C. The minimum atomic E-state index is 0.400. The van der Waals surface area contributed by atoms with Gasteiger partial charge in [-0.15, -0.1) is 11.8 Å². The van der Waals surface area contributed by atoms with Crippen LogP contribution in [0.1, 0.15) is 30.4 Å². The van der Waals surface area contributed by atoms with Crippen LogP contribution in [-0.4, -0.2) is 11.3 Å². The molecule has 0 aliphatic heterocycles. The van der Waals surface area contributed by atoms with Crippen LogP contribution >= 0.6 is 11.8 Å². The molecule has 1 aliphatic rings. The highest BCUT2D eigenvalue weighted by Gasteiger charge is 2.24. The molecule has 15 heavy (non-hydrogen) atoms. The van der Waals surface area contributed by atoms with Gasteiger partial charge in [0, 0.05) is 16.2 Å². The second kappa shape index (κ2) is 4.58. The van der Waals surface area contributed by atoms with Crippen LogP contribution in [0.5, 0.6) is 0 Å². The van der Waals surface area contributed by atoms with Gasteiger partial charge in [-0.05, 0) is 49.9 Å². The number of rotatable bonds is 2. The molecule has 0 bridgehead atoms. The number of thioether (sulfide) groups is 1. The summed E-state index contributed by atoms with van der Waals surface area (Å²) in [5, 5.41) is 0.632. The van der Waals surface area contributed by atoms with E-state index >= 15 is 0 Å². The first-order chi connectivity index (χ1) is 7.16. The van der Waals surface area contributed by atoms with Gasteiger partial charge in [-0.2, -0.15) is 0 Å². The second-order valence-corrected chi connectivity index (χ2v) is 5.81. The van der Waals surface area contributed by atoms with Gasteiger partial charge in [0.25, 0.3) is 0 Å². The third-order valence-electron chi connectivity index (χ3n) is 3.27. The molecule has 2 rings (SSSR count). The van der Waals surface area contributed by atoms with Gasteiger partial charge < -0.3 is 5.73 Å². The van der Waals surface area contributed by atoms with Gasteiger partial charge in [-0.25, -0.2) is 0 Å². The molecule has 1 aromatic rings. The highest BCUT2D eigenvalue weighted by Crippen LogP contribution is 2.34. The molecular weight excluding hydrogens is 202 g/mol. The lowest BCUT2D eigenvalue weighted by Crippen LogP contribution is -2.26. The molecule has 0 saturated heterocycles. The lowest BCUT2D eigenvalue weighted by Gasteiger charge is -2.15. The van der Waals surface area contributed by atoms with E-state index < -0.39 is 0 Å². The first-order valence-electron chi connectivity index (χ1n) is 5.66. The Bertz CT molecular complexity index is 348. The molecule has 2 unspecified atom stereocenters. The second-order valence-electron chi connectivity index (χ2n) is 4.50. The molecule has 2 N–H and O–H groups in total. The quantitative estimate of drug-likeness (QED) is 0.829. The minimum absolute atomic E-state index is 0.400. The van der Waals surface area contributed by atoms with E-state index in [0.717, 1.165) is 0 Å². The average molecular weight is 221 g/mol. The maximum Gasteiger partial charge on any atom is 0.0246 e. The summed E-state index contributed by atoms with van der Waals surface area (Å²) in [6.07, 6.45) is 3.77. The Labute approximate surface area is 96.4 Å². The van der Waals surface area contributed by atoms with Gasteiger partial charge in [-0.1, -0.05) is 12.5 Å². The lowest BCUT2D eigenvalue weighted by molar-refractivity contribution is 0.716. The van der Waals surface area contributed by atoms with Crippen molar-refractivity contribution in [2.75, 3.05) is 0 Å². The van der Waals surface area contributed by atoms with Crippen LogP contribution in [0.3, 0.4) is 0 Å². The largest absolute Gasteiger partial charge is 0.327 e. The molecule has 0 heterocycles. The van der Waals surface area contributed by atoms with E-state index in [1.54, 1.807) is 0 Å². The molecule has 0 amide bonds. The van der Waals surface area contributed by atoms with Gasteiger partial charge in [0.1, 0.15) is 0 Å². The summed E-state index contributed by atoms with van der Waals surface area (Å²) in [6.45, 7) is 4.33. The maximum absolute atomic E-state index is 6.07. The average Bonchev–Trinajstić information content (AvgIpc) is 2.59. The van der Waals surface area contributed by atoms with Crippen LogP contribution in [0.15, 0.2) is 23.1 Å². The van der Waals surface area contributed by atoms with Crippen molar-refractivity contribution in [1.82, 2.24) is 0 Å². The molecule has 1 saturated carbocycles. The lowest BCUT2D eigenvalue weighted by atomic mass is 10.1. The smallest absolute Gasteiger partial charge is 0.0246 e. The number of aryl methyl sites for hydroxylation is 2. The predicted octanol–water partition coefficient (Wildman–Crippen LogP) is 3.28. The zero-order chi connectivity index (χ0) is 10.8. The van der Waals surface area contributed by atoms with Crippen molar-refractivity contribution in [3.05, 3.63) is 29.3 Å². The molecule has 2 heteroatoms. The van der Waals surface area contributed by atoms with Crippen LogP contribution in [0.2, 0.25) is 0 Å². The molecule has 1 aromatic carbocycles. The van der Waals surface area contributed by atoms with Gasteiger partial charge >= 0.3 is 0 Å². The molecule has 0 aromatic heterocycles. The third kappa shape index (κ3) is 2.56. The molecule has 1 aliphatic carbocycles. The van der Waals surface area contributed by atoms with E-state index in [1.165, 1.54) is 35.3 Å². The topological polar surface area (TPSA) is 26.0 Å². The van der Waals surface area contributed by atoms with Crippen molar-refractivity contribution >= 4 is 11.8 Å². The fourth-order valence-corrected chi connectivity index (χ4v) is 3.40. The van der Waals surface area contributed by atoms with Crippen molar-refractivity contribution in [3.8, 4) is 0 Å². The molecule has 82 valence electrons. The van der Waals surface area contributed by atoms with Gasteiger partial charge in [0.2, 0.25) is 0 Å². The first-order valence-corrected chi connectivity index (χ1v) is 6.54. The fraction of sp³-hybridized carbons (Fsp3) is 0.538. The van der Waals surface area contributed by atoms with E-state index in [4.69, 9.17) is 5.73 Å². The number of benzene rings is 1. The normalized spacial score (nSPS) is 25.8. The van der Waals surface area contributed by atoms with Crippen molar-refractivity contribution in [3.63, 3.8) is 0 Å². The summed E-state index contributed by atoms with van der Waals surface area (Å²) in [6, 6.07) is 7.11. The minimum Gasteiger partial charge on any atom is -0.327 e. The van der Waals surface area contributed by atoms with Crippen LogP contribution in [0.25, 0.3) is 0 Å². The monoisotopic (exact) mass is 221 g/mol. The highest BCUT2D eigenvalue weighted by atomic mass is 32.2. The summed E-state index contributed by atoms with van der Waals surface area (Å²) in [7, 11) is 0. The zero-order valence-corrected chi connectivity index (χ0v) is 10.3. The Balaban J connectivity index is 2.07. The Morgan fingerprint density at radius 2 is 2.00 bits per heavy atom. The number of hydrogen-bond donors (Lipinski definition) is 1. The summed E-state index contributed by atoms with van der Waals surface area (Å²) in [5.41, 5.74) is 8.83. The Morgan fingerprint density at radius 3 is 2.60 bits per heavy atom.